The first-order valence-electron chi connectivity index (χ1n) is 8.34. The van der Waals surface area contributed by atoms with Crippen molar-refractivity contribution < 1.29 is 13.9 Å². The average Bonchev–Trinajstić information content (AvgIpc) is 3.17. The van der Waals surface area contributed by atoms with E-state index in [1.165, 1.54) is 5.56 Å². The predicted molar refractivity (Wildman–Crippen MR) is 89.8 cm³/mol. The second-order valence-corrected chi connectivity index (χ2v) is 6.89. The van der Waals surface area contributed by atoms with Gasteiger partial charge in [0.2, 0.25) is 0 Å². The second-order valence-electron chi connectivity index (χ2n) is 6.89. The first-order chi connectivity index (χ1) is 11.1. The zero-order chi connectivity index (χ0) is 16.3. The number of rotatable bonds is 3. The van der Waals surface area contributed by atoms with Crippen molar-refractivity contribution in [1.82, 2.24) is 0 Å². The summed E-state index contributed by atoms with van der Waals surface area (Å²) in [5.74, 6) is 0.349. The average molecular weight is 312 g/mol. The highest BCUT2D eigenvalue weighted by Crippen LogP contribution is 2.39. The molecule has 0 bridgehead atoms. The molecule has 0 N–H and O–H groups in total. The van der Waals surface area contributed by atoms with Crippen molar-refractivity contribution in [3.63, 3.8) is 0 Å². The number of furan rings is 1. The second kappa shape index (κ2) is 6.61. The van der Waals surface area contributed by atoms with Crippen molar-refractivity contribution in [3.05, 3.63) is 59.6 Å². The number of cyclic esters (lactones) is 1. The summed E-state index contributed by atoms with van der Waals surface area (Å²) >= 11 is 0. The van der Waals surface area contributed by atoms with E-state index in [4.69, 9.17) is 9.15 Å². The molecule has 0 spiro atoms. The van der Waals surface area contributed by atoms with E-state index in [2.05, 4.69) is 26.0 Å². The van der Waals surface area contributed by atoms with E-state index in [1.807, 2.05) is 24.5 Å². The van der Waals surface area contributed by atoms with Gasteiger partial charge in [-0.2, -0.15) is 0 Å². The highest BCUT2D eigenvalue weighted by atomic mass is 16.5. The van der Waals surface area contributed by atoms with Crippen LogP contribution in [0.15, 0.2) is 58.5 Å². The molecule has 1 aliphatic carbocycles. The van der Waals surface area contributed by atoms with E-state index in [-0.39, 0.29) is 11.4 Å². The predicted octanol–water partition coefficient (Wildman–Crippen LogP) is 4.61. The van der Waals surface area contributed by atoms with Crippen molar-refractivity contribution >= 4 is 5.97 Å². The van der Waals surface area contributed by atoms with Crippen molar-refractivity contribution in [2.45, 2.75) is 39.5 Å². The van der Waals surface area contributed by atoms with Gasteiger partial charge < -0.3 is 9.15 Å². The summed E-state index contributed by atoms with van der Waals surface area (Å²) < 4.78 is 10.3. The van der Waals surface area contributed by atoms with Crippen LogP contribution in [-0.2, 0) is 16.0 Å². The lowest BCUT2D eigenvalue weighted by Crippen LogP contribution is -2.24. The van der Waals surface area contributed by atoms with Gasteiger partial charge in [-0.05, 0) is 60.3 Å². The van der Waals surface area contributed by atoms with Crippen LogP contribution in [0, 0.1) is 11.3 Å². The van der Waals surface area contributed by atoms with E-state index in [9.17, 15) is 4.79 Å². The van der Waals surface area contributed by atoms with Crippen LogP contribution in [-0.4, -0.2) is 12.6 Å². The fourth-order valence-electron chi connectivity index (χ4n) is 3.34. The van der Waals surface area contributed by atoms with Crippen LogP contribution in [0.5, 0.6) is 0 Å². The Morgan fingerprint density at radius 1 is 1.35 bits per heavy atom. The molecule has 0 saturated heterocycles. The van der Waals surface area contributed by atoms with Crippen LogP contribution >= 0.6 is 0 Å². The maximum atomic E-state index is 11.8. The fraction of sp³-hybridized carbons (Fsp3) is 0.450. The lowest BCUT2D eigenvalue weighted by molar-refractivity contribution is -0.135. The van der Waals surface area contributed by atoms with E-state index in [0.29, 0.717) is 12.5 Å². The third kappa shape index (κ3) is 3.49. The molecule has 23 heavy (non-hydrogen) atoms. The summed E-state index contributed by atoms with van der Waals surface area (Å²) in [7, 11) is 0. The number of aryl methyl sites for hydroxylation is 1. The normalized spacial score (nSPS) is 30.7. The van der Waals surface area contributed by atoms with E-state index < -0.39 is 0 Å². The summed E-state index contributed by atoms with van der Waals surface area (Å²) in [5, 5.41) is 0. The molecular weight excluding hydrogens is 288 g/mol. The van der Waals surface area contributed by atoms with Crippen LogP contribution in [0.25, 0.3) is 0 Å². The van der Waals surface area contributed by atoms with E-state index in [0.717, 1.165) is 36.8 Å². The summed E-state index contributed by atoms with van der Waals surface area (Å²) in [6.07, 6.45) is 15.9. The third-order valence-corrected chi connectivity index (χ3v) is 5.37. The van der Waals surface area contributed by atoms with Gasteiger partial charge in [-0.1, -0.05) is 32.1 Å². The van der Waals surface area contributed by atoms with Gasteiger partial charge in [0.1, 0.15) is 6.61 Å². The molecule has 1 aromatic heterocycles. The minimum Gasteiger partial charge on any atom is -0.472 e. The first-order valence-corrected chi connectivity index (χ1v) is 8.34. The van der Waals surface area contributed by atoms with Gasteiger partial charge in [0, 0.05) is 0 Å². The quantitative estimate of drug-likeness (QED) is 0.765. The van der Waals surface area contributed by atoms with Crippen LogP contribution in [0.3, 0.4) is 0 Å². The van der Waals surface area contributed by atoms with Crippen LogP contribution < -0.4 is 0 Å². The Labute approximate surface area is 137 Å². The number of esters is 1. The van der Waals surface area contributed by atoms with Gasteiger partial charge in [-0.15, -0.1) is 0 Å². The lowest BCUT2D eigenvalue weighted by atomic mass is 9.71. The minimum atomic E-state index is -0.180. The summed E-state index contributed by atoms with van der Waals surface area (Å²) in [6, 6.07) is 2.04. The molecule has 0 saturated carbocycles. The highest BCUT2D eigenvalue weighted by Gasteiger charge is 2.30. The minimum absolute atomic E-state index is 0.128. The molecule has 2 aliphatic rings. The Bertz CT molecular complexity index is 648. The van der Waals surface area contributed by atoms with E-state index in [1.54, 1.807) is 6.26 Å². The number of ether oxygens (including phenoxy) is 1. The Morgan fingerprint density at radius 3 is 3.00 bits per heavy atom. The number of hydrogen-bond donors (Lipinski definition) is 0. The Hall–Kier alpha value is -2.03. The smallest absolute Gasteiger partial charge is 0.338 e. The molecule has 3 heteroatoms. The van der Waals surface area contributed by atoms with Gasteiger partial charge >= 0.3 is 5.97 Å². The molecule has 0 fully saturated rings. The molecule has 122 valence electrons. The van der Waals surface area contributed by atoms with E-state index >= 15 is 0 Å². The number of hydrogen-bond acceptors (Lipinski definition) is 3. The zero-order valence-corrected chi connectivity index (χ0v) is 13.9. The summed E-state index contributed by atoms with van der Waals surface area (Å²) in [6.45, 7) is 5.10. The van der Waals surface area contributed by atoms with Gasteiger partial charge in [-0.25, -0.2) is 4.79 Å². The summed E-state index contributed by atoms with van der Waals surface area (Å²) in [4.78, 5) is 11.8. The monoisotopic (exact) mass is 312 g/mol. The largest absolute Gasteiger partial charge is 0.472 e. The molecule has 0 radical (unpaired) electrons. The molecule has 2 atom stereocenters. The van der Waals surface area contributed by atoms with Gasteiger partial charge in [-0.3, -0.25) is 0 Å². The zero-order valence-electron chi connectivity index (χ0n) is 13.9. The Balaban J connectivity index is 1.76. The number of carbonyl (C=O) groups excluding carboxylic acids is 1. The van der Waals surface area contributed by atoms with Gasteiger partial charge in [0.25, 0.3) is 0 Å². The molecule has 0 amide bonds. The molecule has 1 aliphatic heterocycles. The maximum absolute atomic E-state index is 11.8. The maximum Gasteiger partial charge on any atom is 0.338 e. The SMILES string of the molecule is C[C@H]1CCC2=C(/C=C\C=C\[C@]1(C)CCc1ccoc1)C(=O)OC2. The molecule has 0 unspecified atom stereocenters. The Morgan fingerprint density at radius 2 is 2.22 bits per heavy atom. The number of allylic oxidation sites excluding steroid dienone is 3. The van der Waals surface area contributed by atoms with Crippen molar-refractivity contribution in [1.29, 1.82) is 0 Å². The van der Waals surface area contributed by atoms with Crippen molar-refractivity contribution in [2.75, 3.05) is 6.61 Å². The molecule has 3 rings (SSSR count). The van der Waals surface area contributed by atoms with Crippen molar-refractivity contribution in [3.8, 4) is 0 Å². The van der Waals surface area contributed by atoms with Crippen LogP contribution in [0.2, 0.25) is 0 Å². The molecular formula is C20H24O3. The summed E-state index contributed by atoms with van der Waals surface area (Å²) in [5.41, 5.74) is 3.28. The highest BCUT2D eigenvalue weighted by molar-refractivity contribution is 5.94. The van der Waals surface area contributed by atoms with Crippen LogP contribution in [0.1, 0.15) is 38.7 Å². The molecule has 0 aromatic carbocycles. The third-order valence-electron chi connectivity index (χ3n) is 5.37. The van der Waals surface area contributed by atoms with Crippen LogP contribution in [0.4, 0.5) is 0 Å². The molecule has 2 heterocycles. The first kappa shape index (κ1) is 15.9. The molecule has 1 aromatic rings. The topological polar surface area (TPSA) is 39.4 Å². The van der Waals surface area contributed by atoms with Gasteiger partial charge in [0.05, 0.1) is 18.1 Å². The fourth-order valence-corrected chi connectivity index (χ4v) is 3.34. The van der Waals surface area contributed by atoms with Crippen molar-refractivity contribution in [2.24, 2.45) is 11.3 Å². The van der Waals surface area contributed by atoms with Gasteiger partial charge in [0.15, 0.2) is 0 Å². The molecule has 3 nitrogen and oxygen atoms in total. The lowest BCUT2D eigenvalue weighted by Gasteiger charge is -2.33. The number of carbonyl (C=O) groups is 1. The Kier molecular flexibility index (Phi) is 4.56. The standard InChI is InChI=1S/C20H24O3/c1-15-6-7-17-14-23-19(21)18(17)5-3-4-10-20(15,2)11-8-16-9-12-22-13-16/h3-5,9-10,12-13,15H,6-8,11,14H2,1-2H3/b5-3-,10-4+/t15-,20+/m0/s1.